The molecule has 4 aliphatic rings. The smallest absolute Gasteiger partial charge is 0.312 e. The van der Waals surface area contributed by atoms with Crippen molar-refractivity contribution in [1.29, 1.82) is 0 Å². The number of carboxylic acid groups (broad SMARTS) is 1. The molecule has 0 aliphatic heterocycles. The fourth-order valence-electron chi connectivity index (χ4n) is 4.34. The Balaban J connectivity index is 2.05. The van der Waals surface area contributed by atoms with Crippen molar-refractivity contribution in [2.75, 3.05) is 0 Å². The molecular formula is C11H15FO3. The SMILES string of the molecule is O=C(O)C12CC3CC(CC(O)(C3)C1)C2F. The van der Waals surface area contributed by atoms with Gasteiger partial charge in [-0.3, -0.25) is 4.79 Å². The van der Waals surface area contributed by atoms with Crippen molar-refractivity contribution in [2.45, 2.75) is 43.9 Å². The van der Waals surface area contributed by atoms with E-state index in [2.05, 4.69) is 0 Å². The highest BCUT2D eigenvalue weighted by Gasteiger charge is 2.66. The van der Waals surface area contributed by atoms with Gasteiger partial charge in [0.15, 0.2) is 0 Å². The van der Waals surface area contributed by atoms with Gasteiger partial charge < -0.3 is 10.2 Å². The molecule has 4 bridgehead atoms. The van der Waals surface area contributed by atoms with Gasteiger partial charge in [0.1, 0.15) is 11.6 Å². The molecule has 5 atom stereocenters. The van der Waals surface area contributed by atoms with E-state index in [1.165, 1.54) is 0 Å². The lowest BCUT2D eigenvalue weighted by Gasteiger charge is -2.59. The summed E-state index contributed by atoms with van der Waals surface area (Å²) in [5.74, 6) is -1.07. The van der Waals surface area contributed by atoms with Gasteiger partial charge in [0.2, 0.25) is 0 Å². The van der Waals surface area contributed by atoms with Crippen LogP contribution in [0.2, 0.25) is 0 Å². The van der Waals surface area contributed by atoms with Crippen molar-refractivity contribution in [3.05, 3.63) is 0 Å². The Hall–Kier alpha value is -0.640. The first kappa shape index (κ1) is 9.58. The monoisotopic (exact) mass is 214 g/mol. The van der Waals surface area contributed by atoms with Crippen LogP contribution in [0.15, 0.2) is 0 Å². The molecule has 84 valence electrons. The molecule has 0 aromatic rings. The summed E-state index contributed by atoms with van der Waals surface area (Å²) in [6.45, 7) is 0. The summed E-state index contributed by atoms with van der Waals surface area (Å²) < 4.78 is 14.1. The maximum atomic E-state index is 14.1. The van der Waals surface area contributed by atoms with Crippen LogP contribution in [-0.4, -0.2) is 28.0 Å². The number of alkyl halides is 1. The van der Waals surface area contributed by atoms with Crippen molar-refractivity contribution < 1.29 is 19.4 Å². The molecule has 0 aromatic carbocycles. The number of carboxylic acids is 1. The molecule has 4 rings (SSSR count). The zero-order valence-electron chi connectivity index (χ0n) is 8.45. The van der Waals surface area contributed by atoms with E-state index < -0.39 is 23.2 Å². The van der Waals surface area contributed by atoms with E-state index in [0.717, 1.165) is 6.42 Å². The predicted octanol–water partition coefficient (Wildman–Crippen LogP) is 1.35. The van der Waals surface area contributed by atoms with E-state index in [1.54, 1.807) is 0 Å². The molecule has 2 N–H and O–H groups in total. The summed E-state index contributed by atoms with van der Waals surface area (Å²) in [7, 11) is 0. The topological polar surface area (TPSA) is 57.5 Å². The molecule has 4 heteroatoms. The second-order valence-corrected chi connectivity index (χ2v) is 5.74. The van der Waals surface area contributed by atoms with E-state index in [0.29, 0.717) is 19.3 Å². The Morgan fingerprint density at radius 3 is 2.67 bits per heavy atom. The molecule has 0 amide bonds. The third kappa shape index (κ3) is 1.06. The maximum absolute atomic E-state index is 14.1. The molecule has 0 radical (unpaired) electrons. The second kappa shape index (κ2) is 2.54. The molecule has 4 fully saturated rings. The van der Waals surface area contributed by atoms with Crippen LogP contribution in [-0.2, 0) is 4.79 Å². The second-order valence-electron chi connectivity index (χ2n) is 5.74. The number of rotatable bonds is 1. The van der Waals surface area contributed by atoms with E-state index in [9.17, 15) is 19.4 Å². The summed E-state index contributed by atoms with van der Waals surface area (Å²) in [4.78, 5) is 11.3. The van der Waals surface area contributed by atoms with Gasteiger partial charge in [-0.15, -0.1) is 0 Å². The molecule has 3 nitrogen and oxygen atoms in total. The van der Waals surface area contributed by atoms with Crippen LogP contribution in [0.5, 0.6) is 0 Å². The quantitative estimate of drug-likeness (QED) is 0.692. The normalized spacial score (nSPS) is 57.1. The van der Waals surface area contributed by atoms with Gasteiger partial charge >= 0.3 is 5.97 Å². The van der Waals surface area contributed by atoms with Crippen LogP contribution >= 0.6 is 0 Å². The first-order chi connectivity index (χ1) is 6.95. The summed E-state index contributed by atoms with van der Waals surface area (Å²) in [5.41, 5.74) is -2.17. The summed E-state index contributed by atoms with van der Waals surface area (Å²) in [5, 5.41) is 19.4. The van der Waals surface area contributed by atoms with E-state index >= 15 is 0 Å². The first-order valence-electron chi connectivity index (χ1n) is 5.55. The molecule has 4 aliphatic carbocycles. The number of aliphatic hydroxyl groups is 1. The zero-order valence-corrected chi connectivity index (χ0v) is 8.45. The van der Waals surface area contributed by atoms with Crippen LogP contribution in [0.25, 0.3) is 0 Å². The Morgan fingerprint density at radius 1 is 1.33 bits per heavy atom. The zero-order chi connectivity index (χ0) is 10.8. The third-order valence-electron chi connectivity index (χ3n) is 4.61. The lowest BCUT2D eigenvalue weighted by molar-refractivity contribution is -0.214. The molecule has 5 unspecified atom stereocenters. The van der Waals surface area contributed by atoms with Gasteiger partial charge in [0, 0.05) is 0 Å². The fourth-order valence-corrected chi connectivity index (χ4v) is 4.34. The lowest BCUT2D eigenvalue weighted by Crippen LogP contribution is -2.64. The van der Waals surface area contributed by atoms with Crippen molar-refractivity contribution in [1.82, 2.24) is 0 Å². The maximum Gasteiger partial charge on any atom is 0.312 e. The molecule has 0 spiro atoms. The van der Waals surface area contributed by atoms with Crippen LogP contribution in [0.1, 0.15) is 32.1 Å². The summed E-state index contributed by atoms with van der Waals surface area (Å²) >= 11 is 0. The predicted molar refractivity (Wildman–Crippen MR) is 50.0 cm³/mol. The molecule has 0 heterocycles. The first-order valence-corrected chi connectivity index (χ1v) is 5.55. The number of carbonyl (C=O) groups is 1. The minimum Gasteiger partial charge on any atom is -0.481 e. The summed E-state index contributed by atoms with van der Waals surface area (Å²) in [6, 6.07) is 0. The van der Waals surface area contributed by atoms with Gasteiger partial charge in [-0.05, 0) is 43.9 Å². The van der Waals surface area contributed by atoms with Crippen LogP contribution in [0.3, 0.4) is 0 Å². The minimum absolute atomic E-state index is 0.115. The number of hydrogen-bond acceptors (Lipinski definition) is 2. The Kier molecular flexibility index (Phi) is 1.62. The van der Waals surface area contributed by atoms with E-state index in [4.69, 9.17) is 0 Å². The standard InChI is InChI=1S/C11H15FO3/c12-8-7-1-6-2-10(15,4-7)5-11(8,3-6)9(13)14/h6-8,15H,1-5H2,(H,13,14). The third-order valence-corrected chi connectivity index (χ3v) is 4.61. The Labute approximate surface area is 87.3 Å². The van der Waals surface area contributed by atoms with E-state index in [1.807, 2.05) is 0 Å². The molecule has 0 saturated heterocycles. The van der Waals surface area contributed by atoms with Crippen LogP contribution in [0.4, 0.5) is 4.39 Å². The Bertz CT molecular complexity index is 332. The average molecular weight is 214 g/mol. The average Bonchev–Trinajstić information content (AvgIpc) is 2.10. The number of hydrogen-bond donors (Lipinski definition) is 2. The van der Waals surface area contributed by atoms with Gasteiger partial charge in [0.25, 0.3) is 0 Å². The molecule has 4 saturated carbocycles. The highest BCUT2D eigenvalue weighted by molar-refractivity contribution is 5.76. The minimum atomic E-state index is -1.28. The van der Waals surface area contributed by atoms with Gasteiger partial charge in [-0.2, -0.15) is 0 Å². The molecule has 0 aromatic heterocycles. The number of aliphatic carboxylic acids is 1. The van der Waals surface area contributed by atoms with Gasteiger partial charge in [-0.1, -0.05) is 0 Å². The largest absolute Gasteiger partial charge is 0.481 e. The van der Waals surface area contributed by atoms with Gasteiger partial charge in [0.05, 0.1) is 5.60 Å². The number of halogens is 1. The van der Waals surface area contributed by atoms with Crippen molar-refractivity contribution in [3.8, 4) is 0 Å². The van der Waals surface area contributed by atoms with Gasteiger partial charge in [-0.25, -0.2) is 4.39 Å². The summed E-state index contributed by atoms with van der Waals surface area (Å²) in [6.07, 6.45) is 1.17. The fraction of sp³-hybridized carbons (Fsp3) is 0.909. The van der Waals surface area contributed by atoms with Crippen molar-refractivity contribution in [2.24, 2.45) is 17.3 Å². The highest BCUT2D eigenvalue weighted by Crippen LogP contribution is 2.62. The lowest BCUT2D eigenvalue weighted by atomic mass is 9.47. The highest BCUT2D eigenvalue weighted by atomic mass is 19.1. The molecule has 15 heavy (non-hydrogen) atoms. The van der Waals surface area contributed by atoms with Crippen molar-refractivity contribution in [3.63, 3.8) is 0 Å². The van der Waals surface area contributed by atoms with Crippen LogP contribution in [0, 0.1) is 17.3 Å². The van der Waals surface area contributed by atoms with Crippen LogP contribution < -0.4 is 0 Å². The van der Waals surface area contributed by atoms with E-state index in [-0.39, 0.29) is 18.3 Å². The molecular weight excluding hydrogens is 199 g/mol. The Morgan fingerprint density at radius 2 is 2.07 bits per heavy atom. The van der Waals surface area contributed by atoms with Crippen molar-refractivity contribution >= 4 is 5.97 Å².